The van der Waals surface area contributed by atoms with Crippen molar-refractivity contribution in [2.24, 2.45) is 0 Å². The summed E-state index contributed by atoms with van der Waals surface area (Å²) in [7, 11) is 9.96. The predicted octanol–water partition coefficient (Wildman–Crippen LogP) is 6.63. The summed E-state index contributed by atoms with van der Waals surface area (Å²) < 4.78 is 45.5. The Bertz CT molecular complexity index is 1720. The molecule has 6 nitrogen and oxygen atoms in total. The van der Waals surface area contributed by atoms with Gasteiger partial charge in [-0.25, -0.2) is 4.58 Å². The molecule has 0 fully saturated rings. The van der Waals surface area contributed by atoms with Gasteiger partial charge in [0.2, 0.25) is 0 Å². The molecule has 0 spiro atoms. The second-order valence-corrected chi connectivity index (χ2v) is 16.6. The standard InChI is InChI=1S/C26H31N2OSi.C7H7BrO.C2HF3O2.CH4/c1-27(2)18-12-14-21-24(16-18)30(6,7)25-17-19(28(3)4)13-15-22(25)26(21)20-10-8-9-11-23(20)29-5;1-9-7-5-3-2-4-6(7)8;3-2(4,5)1(6)7;/h8-17H,1-7H3;2-5H,1H3;(H,6,7);1H4/q+1;;;/p-1. The summed E-state index contributed by atoms with van der Waals surface area (Å²) in [6, 6.07) is 23.1. The Balaban J connectivity index is 0.000000372. The first-order valence-electron chi connectivity index (χ1n) is 14.3. The summed E-state index contributed by atoms with van der Waals surface area (Å²) in [6.07, 6.45) is 1.75. The van der Waals surface area contributed by atoms with Crippen molar-refractivity contribution in [1.82, 2.24) is 0 Å². The average Bonchev–Trinajstić information content (AvgIpc) is 3.01. The summed E-state index contributed by atoms with van der Waals surface area (Å²) in [6.45, 7) is 4.95. The number of allylic oxidation sites excluding steroid dienone is 5. The Hall–Kier alpha value is -4.09. The van der Waals surface area contributed by atoms with E-state index in [0.717, 1.165) is 21.5 Å². The largest absolute Gasteiger partial charge is 0.542 e. The third-order valence-corrected chi connectivity index (χ3v) is 11.8. The van der Waals surface area contributed by atoms with E-state index in [1.165, 1.54) is 38.5 Å². The number of halogens is 4. The van der Waals surface area contributed by atoms with Crippen LogP contribution in [0.3, 0.4) is 0 Å². The van der Waals surface area contributed by atoms with Gasteiger partial charge < -0.3 is 24.3 Å². The van der Waals surface area contributed by atoms with Crippen LogP contribution in [0.1, 0.15) is 18.6 Å². The fraction of sp³-hybridized carbons (Fsp3) is 0.278. The number of nitrogens with zero attached hydrogens (tertiary/aromatic N) is 2. The lowest BCUT2D eigenvalue weighted by molar-refractivity contribution is -0.462. The van der Waals surface area contributed by atoms with Gasteiger partial charge >= 0.3 is 6.18 Å². The lowest BCUT2D eigenvalue weighted by atomic mass is 9.89. The van der Waals surface area contributed by atoms with E-state index in [1.807, 2.05) is 30.3 Å². The molecule has 0 amide bonds. The van der Waals surface area contributed by atoms with E-state index in [2.05, 4.69) is 121 Å². The van der Waals surface area contributed by atoms with Gasteiger partial charge in [0.15, 0.2) is 5.71 Å². The van der Waals surface area contributed by atoms with Crippen LogP contribution in [-0.2, 0) is 4.79 Å². The first kappa shape index (κ1) is 39.1. The number of alkyl halides is 3. The molecular weight excluding hydrogens is 689 g/mol. The van der Waals surface area contributed by atoms with Gasteiger partial charge in [-0.2, -0.15) is 13.2 Å². The van der Waals surface area contributed by atoms with E-state index >= 15 is 0 Å². The smallest absolute Gasteiger partial charge is 0.430 e. The van der Waals surface area contributed by atoms with Gasteiger partial charge in [-0.15, -0.1) is 0 Å². The van der Waals surface area contributed by atoms with Crippen LogP contribution in [0.5, 0.6) is 11.5 Å². The highest BCUT2D eigenvalue weighted by atomic mass is 79.9. The zero-order chi connectivity index (χ0) is 34.4. The topological polar surface area (TPSA) is 64.8 Å². The molecule has 1 aliphatic carbocycles. The number of carboxylic acid groups (broad SMARTS) is 1. The molecule has 1 heterocycles. The first-order valence-corrected chi connectivity index (χ1v) is 18.0. The number of methoxy groups -OCH3 is 2. The van der Waals surface area contributed by atoms with E-state index < -0.39 is 20.2 Å². The Morgan fingerprint density at radius 3 is 1.94 bits per heavy atom. The van der Waals surface area contributed by atoms with Gasteiger partial charge in [0.1, 0.15) is 39.6 Å². The second kappa shape index (κ2) is 16.1. The van der Waals surface area contributed by atoms with Gasteiger partial charge in [0.05, 0.1) is 18.7 Å². The van der Waals surface area contributed by atoms with Crippen LogP contribution in [-0.4, -0.2) is 72.9 Å². The molecule has 0 saturated carbocycles. The Morgan fingerprint density at radius 2 is 1.45 bits per heavy atom. The molecule has 0 bridgehead atoms. The quantitative estimate of drug-likeness (QED) is 0.223. The van der Waals surface area contributed by atoms with Crippen molar-refractivity contribution < 1.29 is 37.1 Å². The van der Waals surface area contributed by atoms with Crippen LogP contribution in [0, 0.1) is 0 Å². The van der Waals surface area contributed by atoms with Crippen molar-refractivity contribution in [2.75, 3.05) is 47.3 Å². The van der Waals surface area contributed by atoms with Crippen molar-refractivity contribution in [3.8, 4) is 11.5 Å². The number of para-hydroxylation sites is 2. The number of rotatable bonds is 4. The van der Waals surface area contributed by atoms with Crippen molar-refractivity contribution in [3.05, 3.63) is 111 Å². The number of fused-ring (bicyclic) bond motifs is 2. The molecule has 11 heteroatoms. The summed E-state index contributed by atoms with van der Waals surface area (Å²) in [4.78, 5) is 11.0. The third kappa shape index (κ3) is 9.04. The number of ether oxygens (including phenoxy) is 2. The molecule has 0 saturated heterocycles. The molecule has 0 unspecified atom stereocenters. The zero-order valence-electron chi connectivity index (χ0n) is 27.1. The SMILES string of the molecule is C.COc1ccccc1Br.COc1ccccc1C1=C2C=CC(=[N+](C)C)C=C2[Si](C)(C)c2cc(N(C)C)ccc21.O=C([O-])C(F)(F)F. The van der Waals surface area contributed by atoms with E-state index in [0.29, 0.717) is 0 Å². The predicted molar refractivity (Wildman–Crippen MR) is 190 cm³/mol. The molecule has 3 aromatic carbocycles. The minimum Gasteiger partial charge on any atom is -0.542 e. The number of anilines is 1. The number of carbonyl (C=O) groups is 1. The minimum atomic E-state index is -5.19. The highest BCUT2D eigenvalue weighted by Crippen LogP contribution is 2.44. The van der Waals surface area contributed by atoms with Gasteiger partial charge in [-0.05, 0) is 79.4 Å². The number of aliphatic carboxylic acids is 1. The van der Waals surface area contributed by atoms with Crippen LogP contribution < -0.4 is 24.7 Å². The Morgan fingerprint density at radius 1 is 0.894 bits per heavy atom. The van der Waals surface area contributed by atoms with Crippen LogP contribution in [0.2, 0.25) is 13.1 Å². The second-order valence-electron chi connectivity index (χ2n) is 11.4. The van der Waals surface area contributed by atoms with Crippen molar-refractivity contribution >= 4 is 52.1 Å². The molecule has 2 aliphatic rings. The average molecular weight is 732 g/mol. The van der Waals surface area contributed by atoms with E-state index in [-0.39, 0.29) is 7.43 Å². The van der Waals surface area contributed by atoms with Gasteiger partial charge in [0, 0.05) is 37.5 Å². The number of carboxylic acids is 1. The molecule has 0 aromatic heterocycles. The number of carbonyl (C=O) groups excluding carboxylic acids is 1. The van der Waals surface area contributed by atoms with Crippen molar-refractivity contribution in [1.29, 1.82) is 0 Å². The van der Waals surface area contributed by atoms with Gasteiger partial charge in [0.25, 0.3) is 0 Å². The molecule has 0 atom stereocenters. The summed E-state index contributed by atoms with van der Waals surface area (Å²) in [5, 5.41) is 11.8. The Labute approximate surface area is 285 Å². The lowest BCUT2D eigenvalue weighted by Gasteiger charge is -2.38. The molecule has 5 rings (SSSR count). The maximum atomic E-state index is 10.5. The fourth-order valence-corrected chi connectivity index (χ4v) is 8.65. The summed E-state index contributed by atoms with van der Waals surface area (Å²) >= 11 is 3.33. The molecule has 252 valence electrons. The van der Waals surface area contributed by atoms with Crippen molar-refractivity contribution in [3.63, 3.8) is 0 Å². The lowest BCUT2D eigenvalue weighted by Crippen LogP contribution is -2.49. The van der Waals surface area contributed by atoms with Gasteiger partial charge in [-0.3, -0.25) is 0 Å². The Kier molecular flexibility index (Phi) is 13.4. The van der Waals surface area contributed by atoms with Crippen LogP contribution >= 0.6 is 15.9 Å². The van der Waals surface area contributed by atoms with E-state index in [4.69, 9.17) is 19.4 Å². The number of benzene rings is 3. The molecule has 3 aromatic rings. The molecule has 1 aliphatic heterocycles. The highest BCUT2D eigenvalue weighted by molar-refractivity contribution is 9.10. The number of hydrogen-bond acceptors (Lipinski definition) is 5. The fourth-order valence-electron chi connectivity index (χ4n) is 5.13. The first-order chi connectivity index (χ1) is 21.5. The zero-order valence-corrected chi connectivity index (χ0v) is 29.7. The minimum absolute atomic E-state index is 0. The van der Waals surface area contributed by atoms with Crippen LogP contribution in [0.25, 0.3) is 5.57 Å². The molecular formula is C36H42BrF3N2O4Si. The molecule has 47 heavy (non-hydrogen) atoms. The summed E-state index contributed by atoms with van der Waals surface area (Å²) in [5.74, 6) is -1.22. The normalized spacial score (nSPS) is 14.0. The van der Waals surface area contributed by atoms with Crippen LogP contribution in [0.15, 0.2) is 100 Å². The van der Waals surface area contributed by atoms with Crippen molar-refractivity contribution in [2.45, 2.75) is 26.7 Å². The van der Waals surface area contributed by atoms with E-state index in [9.17, 15) is 13.2 Å². The monoisotopic (exact) mass is 730 g/mol. The summed E-state index contributed by atoms with van der Waals surface area (Å²) in [5.41, 5.74) is 7.61. The maximum absolute atomic E-state index is 10.5. The molecule has 0 N–H and O–H groups in total. The van der Waals surface area contributed by atoms with Gasteiger partial charge in [-0.1, -0.05) is 56.9 Å². The highest BCUT2D eigenvalue weighted by Gasteiger charge is 2.40. The van der Waals surface area contributed by atoms with Crippen LogP contribution in [0.4, 0.5) is 18.9 Å². The van der Waals surface area contributed by atoms with E-state index in [1.54, 1.807) is 14.2 Å². The number of hydrogen-bond donors (Lipinski definition) is 0. The molecule has 0 radical (unpaired) electrons. The third-order valence-electron chi connectivity index (χ3n) is 7.59. The maximum Gasteiger partial charge on any atom is 0.430 e.